The molecule has 0 atom stereocenters. The highest BCUT2D eigenvalue weighted by molar-refractivity contribution is 5.86. The highest BCUT2D eigenvalue weighted by Gasteiger charge is 2.14. The summed E-state index contributed by atoms with van der Waals surface area (Å²) in [6, 6.07) is 12.6. The van der Waals surface area contributed by atoms with Gasteiger partial charge in [0.25, 0.3) is 0 Å². The number of anilines is 2. The van der Waals surface area contributed by atoms with Gasteiger partial charge in [0, 0.05) is 24.9 Å². The number of fused-ring (bicyclic) bond motifs is 2. The first-order valence-electron chi connectivity index (χ1n) is 9.31. The molecule has 2 aromatic carbocycles. The second-order valence-electron chi connectivity index (χ2n) is 6.88. The highest BCUT2D eigenvalue weighted by Crippen LogP contribution is 2.33. The van der Waals surface area contributed by atoms with Gasteiger partial charge in [-0.15, -0.1) is 0 Å². The Morgan fingerprint density at radius 3 is 2.80 bits per heavy atom. The van der Waals surface area contributed by atoms with Crippen LogP contribution < -0.4 is 10.1 Å². The van der Waals surface area contributed by atoms with Crippen LogP contribution in [0.25, 0.3) is 22.1 Å². The third-order valence-electron chi connectivity index (χ3n) is 4.91. The number of nitrogens with one attached hydrogen (secondary N) is 1. The fourth-order valence-electron chi connectivity index (χ4n) is 3.29. The molecule has 7 nitrogen and oxygen atoms in total. The number of benzene rings is 2. The van der Waals surface area contributed by atoms with E-state index in [2.05, 4.69) is 25.3 Å². The first kappa shape index (κ1) is 18.0. The second kappa shape index (κ2) is 7.07. The lowest BCUT2D eigenvalue weighted by molar-refractivity contribution is 0.472. The molecule has 0 aliphatic heterocycles. The van der Waals surface area contributed by atoms with E-state index in [0.717, 1.165) is 11.0 Å². The Kier molecular flexibility index (Phi) is 4.24. The van der Waals surface area contributed by atoms with Gasteiger partial charge in [0.1, 0.15) is 23.3 Å². The normalized spacial score (nSPS) is 11.2. The van der Waals surface area contributed by atoms with Crippen molar-refractivity contribution in [3.05, 3.63) is 72.7 Å². The molecule has 30 heavy (non-hydrogen) atoms. The summed E-state index contributed by atoms with van der Waals surface area (Å²) in [7, 11) is 1.93. The largest absolute Gasteiger partial charge is 0.457 e. The van der Waals surface area contributed by atoms with Crippen molar-refractivity contribution in [2.45, 2.75) is 6.92 Å². The van der Waals surface area contributed by atoms with E-state index in [-0.39, 0.29) is 5.69 Å². The van der Waals surface area contributed by atoms with Crippen molar-refractivity contribution in [1.82, 2.24) is 24.5 Å². The van der Waals surface area contributed by atoms with Crippen molar-refractivity contribution in [2.24, 2.45) is 7.05 Å². The lowest BCUT2D eigenvalue weighted by Gasteiger charge is -2.14. The molecule has 0 amide bonds. The molecule has 0 spiro atoms. The van der Waals surface area contributed by atoms with Crippen molar-refractivity contribution >= 4 is 33.6 Å². The van der Waals surface area contributed by atoms with Gasteiger partial charge >= 0.3 is 0 Å². The Hall–Kier alpha value is -4.07. The number of pyridine rings is 1. The molecule has 5 rings (SSSR count). The number of imidazole rings is 1. The maximum absolute atomic E-state index is 15.1. The summed E-state index contributed by atoms with van der Waals surface area (Å²) in [5.74, 6) is 1.04. The Balaban J connectivity index is 1.45. The number of aryl methyl sites for hydroxylation is 1. The summed E-state index contributed by atoms with van der Waals surface area (Å²) in [6.07, 6.45) is 4.81. The van der Waals surface area contributed by atoms with Gasteiger partial charge in [-0.3, -0.25) is 4.98 Å². The standard InChI is InChI=1S/C22H17FN6O/c1-13-19(30-14-5-7-18-17(10-14)27-12-29(18)2)8-6-15(20(13)23)28-22-21-16(25-11-26-22)4-3-9-24-21/h3-12H,1-2H3,(H,25,26,28). The minimum absolute atomic E-state index is 0.283. The maximum atomic E-state index is 15.1. The van der Waals surface area contributed by atoms with E-state index >= 15 is 4.39 Å². The van der Waals surface area contributed by atoms with E-state index < -0.39 is 5.82 Å². The molecule has 0 saturated heterocycles. The smallest absolute Gasteiger partial charge is 0.160 e. The molecule has 0 aliphatic carbocycles. The number of ether oxygens (including phenoxy) is 1. The highest BCUT2D eigenvalue weighted by atomic mass is 19.1. The lowest BCUT2D eigenvalue weighted by Crippen LogP contribution is -2.01. The number of rotatable bonds is 4. The predicted octanol–water partition coefficient (Wildman–Crippen LogP) is 4.89. The van der Waals surface area contributed by atoms with Crippen LogP contribution >= 0.6 is 0 Å². The number of aromatic nitrogens is 5. The van der Waals surface area contributed by atoms with E-state index in [1.54, 1.807) is 37.6 Å². The molecule has 1 N–H and O–H groups in total. The first-order valence-corrected chi connectivity index (χ1v) is 9.31. The van der Waals surface area contributed by atoms with Crippen LogP contribution in [0, 0.1) is 12.7 Å². The minimum Gasteiger partial charge on any atom is -0.457 e. The van der Waals surface area contributed by atoms with Gasteiger partial charge in [-0.25, -0.2) is 19.3 Å². The molecule has 0 unspecified atom stereocenters. The van der Waals surface area contributed by atoms with Gasteiger partial charge < -0.3 is 14.6 Å². The summed E-state index contributed by atoms with van der Waals surface area (Å²) in [4.78, 5) is 17.0. The molecule has 0 bridgehead atoms. The van der Waals surface area contributed by atoms with E-state index in [0.29, 0.717) is 33.9 Å². The van der Waals surface area contributed by atoms with Crippen molar-refractivity contribution in [1.29, 1.82) is 0 Å². The predicted molar refractivity (Wildman–Crippen MR) is 113 cm³/mol. The summed E-state index contributed by atoms with van der Waals surface area (Å²) in [5, 5.41) is 3.02. The van der Waals surface area contributed by atoms with E-state index in [1.807, 2.05) is 35.9 Å². The summed E-state index contributed by atoms with van der Waals surface area (Å²) in [5.41, 5.74) is 3.72. The van der Waals surface area contributed by atoms with Gasteiger partial charge in [-0.1, -0.05) is 0 Å². The zero-order valence-corrected chi connectivity index (χ0v) is 16.3. The third-order valence-corrected chi connectivity index (χ3v) is 4.91. The fraction of sp³-hybridized carbons (Fsp3) is 0.0909. The maximum Gasteiger partial charge on any atom is 0.160 e. The van der Waals surface area contributed by atoms with Gasteiger partial charge in [-0.2, -0.15) is 0 Å². The van der Waals surface area contributed by atoms with Crippen LogP contribution in [-0.4, -0.2) is 24.5 Å². The van der Waals surface area contributed by atoms with Gasteiger partial charge in [-0.05, 0) is 43.3 Å². The quantitative estimate of drug-likeness (QED) is 0.463. The molecule has 3 aromatic heterocycles. The number of hydrogen-bond acceptors (Lipinski definition) is 6. The summed E-state index contributed by atoms with van der Waals surface area (Å²) < 4.78 is 22.9. The van der Waals surface area contributed by atoms with Crippen LogP contribution in [0.15, 0.2) is 61.3 Å². The molecule has 3 heterocycles. The van der Waals surface area contributed by atoms with Crippen molar-refractivity contribution < 1.29 is 9.13 Å². The molecule has 0 radical (unpaired) electrons. The van der Waals surface area contributed by atoms with E-state index in [9.17, 15) is 0 Å². The zero-order valence-electron chi connectivity index (χ0n) is 16.3. The van der Waals surface area contributed by atoms with E-state index in [4.69, 9.17) is 4.74 Å². The number of halogens is 1. The average Bonchev–Trinajstić information content (AvgIpc) is 3.14. The molecule has 0 saturated carbocycles. The van der Waals surface area contributed by atoms with Gasteiger partial charge in [0.2, 0.25) is 0 Å². The number of nitrogens with zero attached hydrogens (tertiary/aromatic N) is 5. The fourth-order valence-corrected chi connectivity index (χ4v) is 3.29. The molecular weight excluding hydrogens is 383 g/mol. The third kappa shape index (κ3) is 3.08. The van der Waals surface area contributed by atoms with Gasteiger partial charge in [0.05, 0.1) is 28.6 Å². The Morgan fingerprint density at radius 2 is 1.90 bits per heavy atom. The van der Waals surface area contributed by atoms with Crippen LogP contribution in [0.4, 0.5) is 15.9 Å². The Bertz CT molecular complexity index is 1390. The zero-order chi connectivity index (χ0) is 20.7. The van der Waals surface area contributed by atoms with Crippen LogP contribution in [0.3, 0.4) is 0 Å². The lowest BCUT2D eigenvalue weighted by atomic mass is 10.1. The second-order valence-corrected chi connectivity index (χ2v) is 6.88. The van der Waals surface area contributed by atoms with Crippen molar-refractivity contribution in [3.8, 4) is 11.5 Å². The van der Waals surface area contributed by atoms with Crippen LogP contribution in [0.5, 0.6) is 11.5 Å². The average molecular weight is 400 g/mol. The van der Waals surface area contributed by atoms with Crippen molar-refractivity contribution in [3.63, 3.8) is 0 Å². The first-order chi connectivity index (χ1) is 14.6. The molecule has 148 valence electrons. The topological polar surface area (TPSA) is 77.8 Å². The minimum atomic E-state index is -0.422. The Morgan fingerprint density at radius 1 is 1.00 bits per heavy atom. The van der Waals surface area contributed by atoms with Gasteiger partial charge in [0.15, 0.2) is 11.6 Å². The monoisotopic (exact) mass is 400 g/mol. The molecule has 0 fully saturated rings. The molecule has 5 aromatic rings. The number of hydrogen-bond donors (Lipinski definition) is 1. The van der Waals surface area contributed by atoms with Crippen LogP contribution in [0.2, 0.25) is 0 Å². The molecular formula is C22H17FN6O. The molecule has 0 aliphatic rings. The van der Waals surface area contributed by atoms with Crippen LogP contribution in [0.1, 0.15) is 5.56 Å². The summed E-state index contributed by atoms with van der Waals surface area (Å²) >= 11 is 0. The molecule has 8 heteroatoms. The Labute approximate surface area is 171 Å². The van der Waals surface area contributed by atoms with Crippen LogP contribution in [-0.2, 0) is 7.05 Å². The van der Waals surface area contributed by atoms with Crippen molar-refractivity contribution in [2.75, 3.05) is 5.32 Å². The SMILES string of the molecule is Cc1c(Oc2ccc3c(c2)ncn3C)ccc(Nc2ncnc3cccnc23)c1F. The van der Waals surface area contributed by atoms with E-state index in [1.165, 1.54) is 6.33 Å². The summed E-state index contributed by atoms with van der Waals surface area (Å²) in [6.45, 7) is 1.67.